The van der Waals surface area contributed by atoms with Crippen molar-refractivity contribution in [1.82, 2.24) is 5.32 Å². The highest BCUT2D eigenvalue weighted by molar-refractivity contribution is 5.91. The summed E-state index contributed by atoms with van der Waals surface area (Å²) in [6.07, 6.45) is 0.274. The average molecular weight is 293 g/mol. The first-order valence-corrected chi connectivity index (χ1v) is 6.41. The molecule has 0 radical (unpaired) electrons. The van der Waals surface area contributed by atoms with Gasteiger partial charge in [-0.15, -0.1) is 0 Å². The molecule has 0 aromatic heterocycles. The predicted octanol–water partition coefficient (Wildman–Crippen LogP) is 0.708. The Labute approximate surface area is 120 Å². The lowest BCUT2D eigenvalue weighted by Crippen LogP contribution is -2.28. The van der Waals surface area contributed by atoms with Crippen molar-refractivity contribution in [3.63, 3.8) is 0 Å². The van der Waals surface area contributed by atoms with Gasteiger partial charge in [-0.25, -0.2) is 4.79 Å². The van der Waals surface area contributed by atoms with Crippen molar-refractivity contribution in [1.29, 1.82) is 0 Å². The van der Waals surface area contributed by atoms with Crippen molar-refractivity contribution in [3.05, 3.63) is 33.9 Å². The van der Waals surface area contributed by atoms with E-state index in [1.54, 1.807) is 4.90 Å². The van der Waals surface area contributed by atoms with E-state index in [1.165, 1.54) is 25.3 Å². The number of carbonyl (C=O) groups excluding carboxylic acids is 2. The van der Waals surface area contributed by atoms with Crippen LogP contribution in [0.1, 0.15) is 16.8 Å². The van der Waals surface area contributed by atoms with Crippen LogP contribution in [0.4, 0.5) is 11.4 Å². The van der Waals surface area contributed by atoms with Crippen molar-refractivity contribution in [2.45, 2.75) is 6.42 Å². The Kier molecular flexibility index (Phi) is 4.36. The van der Waals surface area contributed by atoms with Gasteiger partial charge in [-0.05, 0) is 12.1 Å². The summed E-state index contributed by atoms with van der Waals surface area (Å²) in [7, 11) is 1.22. The molecule has 0 unspecified atom stereocenters. The van der Waals surface area contributed by atoms with Gasteiger partial charge in [-0.1, -0.05) is 0 Å². The Hall–Kier alpha value is -2.64. The molecular formula is C13H15N3O5. The molecule has 2 rings (SSSR count). The first-order chi connectivity index (χ1) is 10.0. The van der Waals surface area contributed by atoms with Crippen molar-refractivity contribution >= 4 is 23.3 Å². The summed E-state index contributed by atoms with van der Waals surface area (Å²) in [5.41, 5.74) is 0.341. The van der Waals surface area contributed by atoms with E-state index < -0.39 is 10.9 Å². The highest BCUT2D eigenvalue weighted by Crippen LogP contribution is 2.30. The smallest absolute Gasteiger partial charge is 0.338 e. The number of hydrogen-bond acceptors (Lipinski definition) is 6. The number of rotatable bonds is 3. The molecule has 0 saturated carbocycles. The molecule has 1 aromatic rings. The second-order valence-corrected chi connectivity index (χ2v) is 4.54. The van der Waals surface area contributed by atoms with E-state index in [0.717, 1.165) is 0 Å². The molecule has 1 aliphatic rings. The Morgan fingerprint density at radius 3 is 2.86 bits per heavy atom. The minimum atomic E-state index is -0.627. The van der Waals surface area contributed by atoms with Crippen LogP contribution < -0.4 is 10.2 Å². The highest BCUT2D eigenvalue weighted by Gasteiger charge is 2.23. The number of amides is 1. The van der Waals surface area contributed by atoms with Crippen LogP contribution in [0.5, 0.6) is 0 Å². The van der Waals surface area contributed by atoms with Crippen LogP contribution in [0.2, 0.25) is 0 Å². The molecule has 1 aromatic carbocycles. The predicted molar refractivity (Wildman–Crippen MR) is 74.3 cm³/mol. The maximum atomic E-state index is 11.5. The van der Waals surface area contributed by atoms with Crippen molar-refractivity contribution in [2.75, 3.05) is 31.6 Å². The fraction of sp³-hybridized carbons (Fsp3) is 0.385. The quantitative estimate of drug-likeness (QED) is 0.500. The summed E-state index contributed by atoms with van der Waals surface area (Å²) in [4.78, 5) is 35.2. The molecule has 1 heterocycles. The number of ether oxygens (including phenoxy) is 1. The summed E-state index contributed by atoms with van der Waals surface area (Å²) in [6, 6.07) is 4.19. The van der Waals surface area contributed by atoms with Crippen LogP contribution in [0.15, 0.2) is 18.2 Å². The van der Waals surface area contributed by atoms with E-state index in [9.17, 15) is 19.7 Å². The number of esters is 1. The Bertz CT molecular complexity index is 587. The lowest BCUT2D eigenvalue weighted by atomic mass is 10.1. The van der Waals surface area contributed by atoms with E-state index in [2.05, 4.69) is 10.1 Å². The van der Waals surface area contributed by atoms with Crippen LogP contribution in [0.3, 0.4) is 0 Å². The topological polar surface area (TPSA) is 102 Å². The fourth-order valence-corrected chi connectivity index (χ4v) is 2.19. The normalized spacial score (nSPS) is 15.1. The molecule has 1 fully saturated rings. The Morgan fingerprint density at radius 1 is 1.43 bits per heavy atom. The van der Waals surface area contributed by atoms with E-state index in [1.807, 2.05) is 0 Å². The largest absolute Gasteiger partial charge is 0.465 e. The Morgan fingerprint density at radius 2 is 2.19 bits per heavy atom. The van der Waals surface area contributed by atoms with Crippen molar-refractivity contribution in [3.8, 4) is 0 Å². The third-order valence-corrected chi connectivity index (χ3v) is 3.25. The van der Waals surface area contributed by atoms with Crippen molar-refractivity contribution in [2.24, 2.45) is 0 Å². The molecule has 8 nitrogen and oxygen atoms in total. The van der Waals surface area contributed by atoms with Crippen molar-refractivity contribution < 1.29 is 19.2 Å². The molecule has 0 spiro atoms. The molecule has 1 N–H and O–H groups in total. The van der Waals surface area contributed by atoms with Gasteiger partial charge in [0.15, 0.2) is 0 Å². The van der Waals surface area contributed by atoms with Gasteiger partial charge in [0.1, 0.15) is 5.69 Å². The maximum Gasteiger partial charge on any atom is 0.338 e. The van der Waals surface area contributed by atoms with E-state index in [0.29, 0.717) is 25.3 Å². The van der Waals surface area contributed by atoms with Gasteiger partial charge in [0.25, 0.3) is 5.69 Å². The molecular weight excluding hydrogens is 278 g/mol. The molecule has 0 bridgehead atoms. The second kappa shape index (κ2) is 6.21. The standard InChI is InChI=1S/C13H15N3O5/c1-21-13(18)9-2-3-10(11(8-9)16(19)20)15-6-4-12(17)14-5-7-15/h2-3,8H,4-7H2,1H3,(H,14,17). The van der Waals surface area contributed by atoms with Crippen LogP contribution in [-0.4, -0.2) is 43.5 Å². The lowest BCUT2D eigenvalue weighted by molar-refractivity contribution is -0.384. The summed E-state index contributed by atoms with van der Waals surface area (Å²) < 4.78 is 4.56. The lowest BCUT2D eigenvalue weighted by Gasteiger charge is -2.21. The number of carbonyl (C=O) groups is 2. The number of nitrogens with zero attached hydrogens (tertiary/aromatic N) is 2. The van der Waals surface area contributed by atoms with Crippen LogP contribution in [0.25, 0.3) is 0 Å². The zero-order valence-corrected chi connectivity index (χ0v) is 11.5. The van der Waals surface area contributed by atoms with Gasteiger partial charge in [0.05, 0.1) is 17.6 Å². The van der Waals surface area contributed by atoms with E-state index in [-0.39, 0.29) is 23.6 Å². The van der Waals surface area contributed by atoms with Crippen LogP contribution in [-0.2, 0) is 9.53 Å². The molecule has 112 valence electrons. The van der Waals surface area contributed by atoms with E-state index >= 15 is 0 Å². The third kappa shape index (κ3) is 3.28. The molecule has 1 amide bonds. The number of hydrogen-bond donors (Lipinski definition) is 1. The van der Waals surface area contributed by atoms with Gasteiger partial charge in [-0.3, -0.25) is 14.9 Å². The molecule has 8 heteroatoms. The molecule has 1 saturated heterocycles. The van der Waals surface area contributed by atoms with Crippen LogP contribution >= 0.6 is 0 Å². The first-order valence-electron chi connectivity index (χ1n) is 6.41. The van der Waals surface area contributed by atoms with E-state index in [4.69, 9.17) is 0 Å². The highest BCUT2D eigenvalue weighted by atomic mass is 16.6. The number of anilines is 1. The number of nitrogens with one attached hydrogen (secondary N) is 1. The first kappa shape index (κ1) is 14.8. The summed E-state index contributed by atoms with van der Waals surface area (Å²) in [6.45, 7) is 1.29. The number of methoxy groups -OCH3 is 1. The minimum absolute atomic E-state index is 0.0775. The van der Waals surface area contributed by atoms with Crippen LogP contribution in [0, 0.1) is 10.1 Å². The number of benzene rings is 1. The summed E-state index contributed by atoms with van der Waals surface area (Å²) in [5, 5.41) is 13.9. The number of nitro groups is 1. The zero-order chi connectivity index (χ0) is 15.4. The second-order valence-electron chi connectivity index (χ2n) is 4.54. The Balaban J connectivity index is 2.36. The summed E-state index contributed by atoms with van der Waals surface area (Å²) in [5.74, 6) is -0.705. The fourth-order valence-electron chi connectivity index (χ4n) is 2.19. The molecule has 0 atom stereocenters. The minimum Gasteiger partial charge on any atom is -0.465 e. The van der Waals surface area contributed by atoms with Gasteiger partial charge in [0, 0.05) is 32.1 Å². The average Bonchev–Trinajstić information content (AvgIpc) is 2.70. The third-order valence-electron chi connectivity index (χ3n) is 3.25. The van der Waals surface area contributed by atoms with Gasteiger partial charge < -0.3 is 15.0 Å². The zero-order valence-electron chi connectivity index (χ0n) is 11.5. The van der Waals surface area contributed by atoms with Gasteiger partial charge in [-0.2, -0.15) is 0 Å². The SMILES string of the molecule is COC(=O)c1ccc(N2CCNC(=O)CC2)c([N+](=O)[O-])c1. The summed E-state index contributed by atoms with van der Waals surface area (Å²) >= 11 is 0. The maximum absolute atomic E-state index is 11.5. The van der Waals surface area contributed by atoms with Gasteiger partial charge in [0.2, 0.25) is 5.91 Å². The van der Waals surface area contributed by atoms with Gasteiger partial charge >= 0.3 is 5.97 Å². The molecule has 0 aliphatic carbocycles. The monoisotopic (exact) mass is 293 g/mol. The molecule has 21 heavy (non-hydrogen) atoms. The molecule has 1 aliphatic heterocycles. The number of nitro benzene ring substituents is 1.